The number of hydrogen-bond acceptors (Lipinski definition) is 6. The van der Waals surface area contributed by atoms with Crippen molar-refractivity contribution < 1.29 is 19.9 Å². The first-order valence-electron chi connectivity index (χ1n) is 5.63. The second-order valence-corrected chi connectivity index (χ2v) is 4.14. The van der Waals surface area contributed by atoms with Gasteiger partial charge in [-0.1, -0.05) is 0 Å². The Morgan fingerprint density at radius 1 is 1.58 bits per heavy atom. The average molecular weight is 269 g/mol. The number of hydrogen-bond donors (Lipinski definition) is 2. The van der Waals surface area contributed by atoms with Crippen LogP contribution in [0.25, 0.3) is 0 Å². The molecule has 1 rings (SSSR count). The van der Waals surface area contributed by atoms with Crippen LogP contribution in [0.3, 0.4) is 0 Å². The van der Waals surface area contributed by atoms with E-state index in [1.807, 2.05) is 0 Å². The van der Waals surface area contributed by atoms with E-state index in [0.29, 0.717) is 0 Å². The maximum atomic E-state index is 11.0. The number of carboxylic acids is 1. The Bertz CT molecular complexity index is 489. The topological polar surface area (TPSA) is 117 Å². The van der Waals surface area contributed by atoms with Crippen LogP contribution in [0.4, 0.5) is 11.5 Å². The van der Waals surface area contributed by atoms with E-state index in [2.05, 4.69) is 4.98 Å². The maximum absolute atomic E-state index is 11.0. The van der Waals surface area contributed by atoms with Crippen molar-refractivity contribution in [1.82, 2.24) is 4.98 Å². The molecule has 0 saturated heterocycles. The van der Waals surface area contributed by atoms with E-state index in [1.54, 1.807) is 18.7 Å². The molecular formula is C11H15N3O5. The van der Waals surface area contributed by atoms with Crippen LogP contribution in [0.2, 0.25) is 0 Å². The molecule has 0 bridgehead atoms. The first-order chi connectivity index (χ1) is 8.88. The third-order valence-corrected chi connectivity index (χ3v) is 2.53. The Balaban J connectivity index is 3.32. The fourth-order valence-electron chi connectivity index (χ4n) is 1.63. The zero-order valence-corrected chi connectivity index (χ0v) is 10.6. The number of rotatable bonds is 6. The quantitative estimate of drug-likeness (QED) is 0.581. The smallest absolute Gasteiger partial charge is 0.337 e. The van der Waals surface area contributed by atoms with Crippen molar-refractivity contribution in [2.24, 2.45) is 0 Å². The van der Waals surface area contributed by atoms with Crippen molar-refractivity contribution in [2.75, 3.05) is 18.1 Å². The molecule has 0 fully saturated rings. The summed E-state index contributed by atoms with van der Waals surface area (Å²) in [6.07, 6.45) is 1.07. The molecule has 0 aromatic carbocycles. The summed E-state index contributed by atoms with van der Waals surface area (Å²) < 4.78 is 0. The Morgan fingerprint density at radius 2 is 2.21 bits per heavy atom. The third kappa shape index (κ3) is 3.38. The standard InChI is InChI=1S/C11H15N3O5/c1-7(2)13(3-4-15)10-9(14(18)19)5-8(6-12-10)11(16)17/h5-7,15H,3-4H2,1-2H3,(H,16,17). The fraction of sp³-hybridized carbons (Fsp3) is 0.455. The SMILES string of the molecule is CC(C)N(CCO)c1ncc(C(=O)O)cc1[N+](=O)[O-]. The van der Waals surface area contributed by atoms with Crippen LogP contribution in [0.15, 0.2) is 12.3 Å². The second-order valence-electron chi connectivity index (χ2n) is 4.14. The van der Waals surface area contributed by atoms with Crippen molar-refractivity contribution in [2.45, 2.75) is 19.9 Å². The molecule has 0 amide bonds. The Kier molecular flexibility index (Phi) is 4.76. The van der Waals surface area contributed by atoms with Gasteiger partial charge in [0.15, 0.2) is 0 Å². The molecular weight excluding hydrogens is 254 g/mol. The van der Waals surface area contributed by atoms with E-state index in [9.17, 15) is 14.9 Å². The minimum Gasteiger partial charge on any atom is -0.478 e. The number of aromatic carboxylic acids is 1. The highest BCUT2D eigenvalue weighted by atomic mass is 16.6. The van der Waals surface area contributed by atoms with Crippen molar-refractivity contribution >= 4 is 17.5 Å². The van der Waals surface area contributed by atoms with Crippen LogP contribution in [0.5, 0.6) is 0 Å². The predicted molar refractivity (Wildman–Crippen MR) is 67.4 cm³/mol. The van der Waals surface area contributed by atoms with Crippen molar-refractivity contribution in [3.8, 4) is 0 Å². The zero-order valence-electron chi connectivity index (χ0n) is 10.6. The molecule has 2 N–H and O–H groups in total. The summed E-state index contributed by atoms with van der Waals surface area (Å²) in [7, 11) is 0. The summed E-state index contributed by atoms with van der Waals surface area (Å²) in [5, 5.41) is 28.8. The molecule has 0 spiro atoms. The average Bonchev–Trinajstić information content (AvgIpc) is 2.34. The van der Waals surface area contributed by atoms with Crippen molar-refractivity contribution in [3.63, 3.8) is 0 Å². The number of aromatic nitrogens is 1. The van der Waals surface area contributed by atoms with Crippen LogP contribution in [0.1, 0.15) is 24.2 Å². The van der Waals surface area contributed by atoms with Gasteiger partial charge in [0, 0.05) is 24.8 Å². The van der Waals surface area contributed by atoms with Gasteiger partial charge in [-0.15, -0.1) is 0 Å². The Labute approximate surface area is 109 Å². The highest BCUT2D eigenvalue weighted by molar-refractivity contribution is 5.88. The van der Waals surface area contributed by atoms with Gasteiger partial charge in [-0.25, -0.2) is 9.78 Å². The van der Waals surface area contributed by atoms with Gasteiger partial charge in [-0.3, -0.25) is 10.1 Å². The number of nitro groups is 1. The van der Waals surface area contributed by atoms with E-state index in [0.717, 1.165) is 12.3 Å². The van der Waals surface area contributed by atoms with Crippen molar-refractivity contribution in [1.29, 1.82) is 0 Å². The number of aliphatic hydroxyl groups is 1. The minimum absolute atomic E-state index is 0.0547. The molecule has 104 valence electrons. The first-order valence-corrected chi connectivity index (χ1v) is 5.63. The summed E-state index contributed by atoms with van der Waals surface area (Å²) in [6, 6.07) is 0.853. The molecule has 8 nitrogen and oxygen atoms in total. The first kappa shape index (κ1) is 14.8. The van der Waals surface area contributed by atoms with Crippen LogP contribution in [0, 0.1) is 10.1 Å². The van der Waals surface area contributed by atoms with Crippen LogP contribution in [-0.4, -0.2) is 45.3 Å². The normalized spacial score (nSPS) is 10.5. The number of anilines is 1. The monoisotopic (exact) mass is 269 g/mol. The molecule has 0 saturated carbocycles. The summed E-state index contributed by atoms with van der Waals surface area (Å²) in [5.74, 6) is -1.22. The molecule has 0 radical (unpaired) electrons. The van der Waals surface area contributed by atoms with Crippen molar-refractivity contribution in [3.05, 3.63) is 27.9 Å². The molecule has 8 heteroatoms. The van der Waals surface area contributed by atoms with Crippen LogP contribution < -0.4 is 4.90 Å². The van der Waals surface area contributed by atoms with Gasteiger partial charge in [-0.05, 0) is 13.8 Å². The van der Waals surface area contributed by atoms with Gasteiger partial charge in [0.25, 0.3) is 0 Å². The lowest BCUT2D eigenvalue weighted by atomic mass is 10.2. The number of carbonyl (C=O) groups is 1. The molecule has 0 aliphatic heterocycles. The largest absolute Gasteiger partial charge is 0.478 e. The molecule has 1 heterocycles. The number of nitrogens with zero attached hydrogens (tertiary/aromatic N) is 3. The number of aliphatic hydroxyl groups excluding tert-OH is 1. The second kappa shape index (κ2) is 6.10. The van der Waals surface area contributed by atoms with Gasteiger partial charge < -0.3 is 15.1 Å². The van der Waals surface area contributed by atoms with E-state index in [4.69, 9.17) is 10.2 Å². The number of pyridine rings is 1. The van der Waals surface area contributed by atoms with Crippen LogP contribution in [-0.2, 0) is 0 Å². The van der Waals surface area contributed by atoms with Gasteiger partial charge in [0.05, 0.1) is 17.1 Å². The minimum atomic E-state index is -1.28. The van der Waals surface area contributed by atoms with E-state index in [1.165, 1.54) is 0 Å². The lowest BCUT2D eigenvalue weighted by Gasteiger charge is -2.26. The summed E-state index contributed by atoms with van der Waals surface area (Å²) >= 11 is 0. The summed E-state index contributed by atoms with van der Waals surface area (Å²) in [5.41, 5.74) is -0.634. The fourth-order valence-corrected chi connectivity index (χ4v) is 1.63. The predicted octanol–water partition coefficient (Wildman–Crippen LogP) is 0.895. The van der Waals surface area contributed by atoms with E-state index < -0.39 is 10.9 Å². The van der Waals surface area contributed by atoms with Gasteiger partial charge >= 0.3 is 11.7 Å². The molecule has 0 aliphatic carbocycles. The number of carboxylic acid groups (broad SMARTS) is 1. The Morgan fingerprint density at radius 3 is 2.63 bits per heavy atom. The lowest BCUT2D eigenvalue weighted by Crippen LogP contribution is -2.34. The van der Waals surface area contributed by atoms with E-state index in [-0.39, 0.29) is 36.3 Å². The molecule has 0 atom stereocenters. The summed E-state index contributed by atoms with van der Waals surface area (Å²) in [4.78, 5) is 26.5. The summed E-state index contributed by atoms with van der Waals surface area (Å²) in [6.45, 7) is 3.59. The van der Waals surface area contributed by atoms with Crippen LogP contribution >= 0.6 is 0 Å². The molecule has 1 aromatic rings. The van der Waals surface area contributed by atoms with E-state index >= 15 is 0 Å². The molecule has 19 heavy (non-hydrogen) atoms. The molecule has 0 unspecified atom stereocenters. The third-order valence-electron chi connectivity index (χ3n) is 2.53. The lowest BCUT2D eigenvalue weighted by molar-refractivity contribution is -0.384. The molecule has 1 aromatic heterocycles. The highest BCUT2D eigenvalue weighted by Crippen LogP contribution is 2.27. The van der Waals surface area contributed by atoms with Gasteiger partial charge in [0.1, 0.15) is 0 Å². The van der Waals surface area contributed by atoms with Gasteiger partial charge in [0.2, 0.25) is 5.82 Å². The maximum Gasteiger partial charge on any atom is 0.337 e. The zero-order chi connectivity index (χ0) is 14.6. The highest BCUT2D eigenvalue weighted by Gasteiger charge is 2.24. The van der Waals surface area contributed by atoms with Gasteiger partial charge in [-0.2, -0.15) is 0 Å². The Hall–Kier alpha value is -2.22. The molecule has 0 aliphatic rings.